The van der Waals surface area contributed by atoms with Crippen molar-refractivity contribution in [2.24, 2.45) is 0 Å². The van der Waals surface area contributed by atoms with E-state index >= 15 is 0 Å². The van der Waals surface area contributed by atoms with Gasteiger partial charge in [-0.1, -0.05) is 0 Å². The highest BCUT2D eigenvalue weighted by Gasteiger charge is 2.26. The molecule has 2 aromatic heterocycles. The van der Waals surface area contributed by atoms with Crippen LogP contribution in [0.4, 0.5) is 4.79 Å². The van der Waals surface area contributed by atoms with Crippen LogP contribution in [0.25, 0.3) is 0 Å². The van der Waals surface area contributed by atoms with Crippen molar-refractivity contribution in [2.75, 3.05) is 13.2 Å². The smallest absolute Gasteiger partial charge is 0.315 e. The zero-order valence-corrected chi connectivity index (χ0v) is 14.4. The fourth-order valence-corrected chi connectivity index (χ4v) is 4.31. The Morgan fingerprint density at radius 1 is 1.54 bits per heavy atom. The van der Waals surface area contributed by atoms with Crippen molar-refractivity contribution in [1.29, 1.82) is 0 Å². The Balaban J connectivity index is 1.35. The molecular weight excluding hydrogens is 326 g/mol. The van der Waals surface area contributed by atoms with Crippen molar-refractivity contribution < 1.29 is 9.53 Å². The Kier molecular flexibility index (Phi) is 4.24. The van der Waals surface area contributed by atoms with Crippen LogP contribution in [0.1, 0.15) is 47.1 Å². The molecule has 0 saturated heterocycles. The highest BCUT2D eigenvalue weighted by Crippen LogP contribution is 2.30. The number of thiophene rings is 1. The summed E-state index contributed by atoms with van der Waals surface area (Å²) in [6.07, 6.45) is 2.79. The van der Waals surface area contributed by atoms with E-state index in [2.05, 4.69) is 32.2 Å². The molecule has 4 heterocycles. The first-order chi connectivity index (χ1) is 11.7. The van der Waals surface area contributed by atoms with Gasteiger partial charge in [0.2, 0.25) is 0 Å². The standard InChI is InChI=1S/C16H21N5O2S/c1-10-18-15-12(3-2-6-21(15)20-10)19-16(22)17-9-13-11-5-8-24-14(11)4-7-23-13/h5,8,12-13H,2-4,6-7,9H2,1H3,(H2,17,19,22). The van der Waals surface area contributed by atoms with Crippen molar-refractivity contribution >= 4 is 17.4 Å². The molecule has 2 atom stereocenters. The number of fused-ring (bicyclic) bond motifs is 2. The lowest BCUT2D eigenvalue weighted by atomic mass is 10.1. The van der Waals surface area contributed by atoms with Crippen LogP contribution in [0, 0.1) is 6.92 Å². The molecule has 0 aromatic carbocycles. The van der Waals surface area contributed by atoms with Crippen LogP contribution in [0.2, 0.25) is 0 Å². The number of carbonyl (C=O) groups is 1. The number of hydrogen-bond acceptors (Lipinski definition) is 5. The van der Waals surface area contributed by atoms with Gasteiger partial charge in [-0.25, -0.2) is 14.5 Å². The fourth-order valence-electron chi connectivity index (χ4n) is 3.39. The van der Waals surface area contributed by atoms with Crippen LogP contribution in [0.5, 0.6) is 0 Å². The molecule has 7 nitrogen and oxygen atoms in total. The topological polar surface area (TPSA) is 81.1 Å². The summed E-state index contributed by atoms with van der Waals surface area (Å²) in [6.45, 7) is 3.94. The molecule has 2 aromatic rings. The predicted octanol–water partition coefficient (Wildman–Crippen LogP) is 2.10. The number of nitrogens with zero attached hydrogens (tertiary/aromatic N) is 3. The average Bonchev–Trinajstić information content (AvgIpc) is 3.19. The first-order valence-corrected chi connectivity index (χ1v) is 9.22. The SMILES string of the molecule is Cc1nc2n(n1)CCCC2NC(=O)NCC1OCCc2sccc21. The highest BCUT2D eigenvalue weighted by atomic mass is 32.1. The maximum absolute atomic E-state index is 12.3. The second-order valence-corrected chi connectivity index (χ2v) is 7.20. The zero-order chi connectivity index (χ0) is 16.5. The number of ether oxygens (including phenoxy) is 1. The van der Waals surface area contributed by atoms with E-state index < -0.39 is 0 Å². The number of rotatable bonds is 3. The number of amides is 2. The maximum Gasteiger partial charge on any atom is 0.315 e. The number of carbonyl (C=O) groups excluding carboxylic acids is 1. The van der Waals surface area contributed by atoms with E-state index in [9.17, 15) is 4.79 Å². The molecule has 8 heteroatoms. The molecule has 0 aliphatic carbocycles. The van der Waals surface area contributed by atoms with E-state index in [0.29, 0.717) is 13.2 Å². The van der Waals surface area contributed by atoms with Crippen LogP contribution in [-0.2, 0) is 17.7 Å². The summed E-state index contributed by atoms with van der Waals surface area (Å²) in [5.41, 5.74) is 1.21. The minimum absolute atomic E-state index is 0.0528. The summed E-state index contributed by atoms with van der Waals surface area (Å²) in [5, 5.41) is 12.4. The van der Waals surface area contributed by atoms with Crippen molar-refractivity contribution in [2.45, 2.75) is 44.9 Å². The Morgan fingerprint density at radius 3 is 3.38 bits per heavy atom. The van der Waals surface area contributed by atoms with Gasteiger partial charge in [0.25, 0.3) is 0 Å². The Labute approximate surface area is 144 Å². The lowest BCUT2D eigenvalue weighted by Crippen LogP contribution is -2.42. The molecule has 0 bridgehead atoms. The summed E-state index contributed by atoms with van der Waals surface area (Å²) in [5.74, 6) is 1.60. The Hall–Kier alpha value is -1.93. The summed E-state index contributed by atoms with van der Waals surface area (Å²) in [4.78, 5) is 18.1. The van der Waals surface area contributed by atoms with Gasteiger partial charge in [0, 0.05) is 24.4 Å². The third-order valence-electron chi connectivity index (χ3n) is 4.51. The molecule has 2 unspecified atom stereocenters. The van der Waals surface area contributed by atoms with Gasteiger partial charge in [0.1, 0.15) is 17.8 Å². The lowest BCUT2D eigenvalue weighted by Gasteiger charge is -2.25. The quantitative estimate of drug-likeness (QED) is 0.891. The van der Waals surface area contributed by atoms with Crippen LogP contribution in [-0.4, -0.2) is 33.9 Å². The van der Waals surface area contributed by atoms with Crippen molar-refractivity contribution in [3.63, 3.8) is 0 Å². The first-order valence-electron chi connectivity index (χ1n) is 8.34. The first kappa shape index (κ1) is 15.6. The van der Waals surface area contributed by atoms with Gasteiger partial charge in [-0.15, -0.1) is 11.3 Å². The molecule has 0 radical (unpaired) electrons. The molecule has 2 N–H and O–H groups in total. The van der Waals surface area contributed by atoms with E-state index in [1.165, 1.54) is 10.4 Å². The van der Waals surface area contributed by atoms with Gasteiger partial charge >= 0.3 is 6.03 Å². The normalized spacial score (nSPS) is 22.5. The number of hydrogen-bond donors (Lipinski definition) is 2. The molecule has 2 aliphatic rings. The summed E-state index contributed by atoms with van der Waals surface area (Å²) in [6, 6.07) is 1.83. The highest BCUT2D eigenvalue weighted by molar-refractivity contribution is 7.10. The minimum Gasteiger partial charge on any atom is -0.371 e. The molecule has 4 rings (SSSR count). The third-order valence-corrected chi connectivity index (χ3v) is 5.51. The number of nitrogens with one attached hydrogen (secondary N) is 2. The molecular formula is C16H21N5O2S. The van der Waals surface area contributed by atoms with Crippen molar-refractivity contribution in [3.05, 3.63) is 33.5 Å². The second kappa shape index (κ2) is 6.52. The predicted molar refractivity (Wildman–Crippen MR) is 90.0 cm³/mol. The van der Waals surface area contributed by atoms with Gasteiger partial charge in [-0.2, -0.15) is 5.10 Å². The number of aromatic nitrogens is 3. The van der Waals surface area contributed by atoms with Gasteiger partial charge in [0.15, 0.2) is 0 Å². The second-order valence-electron chi connectivity index (χ2n) is 6.20. The van der Waals surface area contributed by atoms with E-state index in [4.69, 9.17) is 4.74 Å². The van der Waals surface area contributed by atoms with Crippen molar-refractivity contribution in [3.8, 4) is 0 Å². The molecule has 2 amide bonds. The van der Waals surface area contributed by atoms with Gasteiger partial charge in [-0.05, 0) is 36.8 Å². The van der Waals surface area contributed by atoms with Crippen LogP contribution >= 0.6 is 11.3 Å². The van der Waals surface area contributed by atoms with E-state index in [-0.39, 0.29) is 18.2 Å². The summed E-state index contributed by atoms with van der Waals surface area (Å²) < 4.78 is 7.69. The van der Waals surface area contributed by atoms with E-state index in [0.717, 1.165) is 37.5 Å². The van der Waals surface area contributed by atoms with Gasteiger partial charge in [0.05, 0.1) is 12.6 Å². The molecule has 2 aliphatic heterocycles. The largest absolute Gasteiger partial charge is 0.371 e. The zero-order valence-electron chi connectivity index (χ0n) is 13.6. The fraction of sp³-hybridized carbons (Fsp3) is 0.562. The molecule has 128 valence electrons. The monoisotopic (exact) mass is 347 g/mol. The van der Waals surface area contributed by atoms with Crippen molar-refractivity contribution in [1.82, 2.24) is 25.4 Å². The molecule has 0 spiro atoms. The Morgan fingerprint density at radius 2 is 2.46 bits per heavy atom. The van der Waals surface area contributed by atoms with Gasteiger partial charge in [-0.3, -0.25) is 0 Å². The molecule has 0 fully saturated rings. The Bertz CT molecular complexity index is 741. The van der Waals surface area contributed by atoms with Gasteiger partial charge < -0.3 is 15.4 Å². The number of aryl methyl sites for hydroxylation is 2. The third kappa shape index (κ3) is 3.03. The van der Waals surface area contributed by atoms with E-state index in [1.54, 1.807) is 11.3 Å². The minimum atomic E-state index is -0.181. The van der Waals surface area contributed by atoms with Crippen LogP contribution < -0.4 is 10.6 Å². The summed E-state index contributed by atoms with van der Waals surface area (Å²) in [7, 11) is 0. The lowest BCUT2D eigenvalue weighted by molar-refractivity contribution is 0.0453. The summed E-state index contributed by atoms with van der Waals surface area (Å²) >= 11 is 1.76. The van der Waals surface area contributed by atoms with Crippen LogP contribution in [0.3, 0.4) is 0 Å². The molecule has 24 heavy (non-hydrogen) atoms. The molecule has 0 saturated carbocycles. The van der Waals surface area contributed by atoms with Crippen LogP contribution in [0.15, 0.2) is 11.4 Å². The average molecular weight is 347 g/mol. The maximum atomic E-state index is 12.3. The van der Waals surface area contributed by atoms with E-state index in [1.807, 2.05) is 11.6 Å². The number of urea groups is 1.